The highest BCUT2D eigenvalue weighted by atomic mass is 19.4. The van der Waals surface area contributed by atoms with Crippen molar-refractivity contribution in [1.29, 1.82) is 0 Å². The summed E-state index contributed by atoms with van der Waals surface area (Å²) in [5, 5.41) is 0.651. The van der Waals surface area contributed by atoms with Crippen LogP contribution < -0.4 is 21.7 Å². The van der Waals surface area contributed by atoms with E-state index < -0.39 is 45.3 Å². The Morgan fingerprint density at radius 1 is 0.387 bits per heavy atom. The molecule has 0 N–H and O–H groups in total. The second-order valence-electron chi connectivity index (χ2n) is 15.2. The van der Waals surface area contributed by atoms with E-state index in [1.807, 2.05) is 0 Å². The fourth-order valence-electron chi connectivity index (χ4n) is 8.98. The number of halogens is 6. The Morgan fingerprint density at radius 2 is 0.774 bits per heavy atom. The van der Waals surface area contributed by atoms with Crippen LogP contribution in [0.25, 0.3) is 103 Å². The fraction of sp³-hybridized carbons (Fsp3) is 0.0408. The topological polar surface area (TPSA) is 81.5 Å². The predicted molar refractivity (Wildman–Crippen MR) is 228 cm³/mol. The maximum Gasteiger partial charge on any atom is 0.416 e. The van der Waals surface area contributed by atoms with Crippen LogP contribution in [0.5, 0.6) is 0 Å². The van der Waals surface area contributed by atoms with E-state index in [0.717, 1.165) is 0 Å². The van der Waals surface area contributed by atoms with Crippen molar-refractivity contribution < 1.29 is 26.3 Å². The summed E-state index contributed by atoms with van der Waals surface area (Å²) in [6.45, 7) is 7.35. The van der Waals surface area contributed by atoms with Gasteiger partial charge < -0.3 is 8.80 Å². The summed E-state index contributed by atoms with van der Waals surface area (Å²) in [5.41, 5.74) is -2.72. The minimum atomic E-state index is -5.16. The molecule has 0 spiro atoms. The highest BCUT2D eigenvalue weighted by molar-refractivity contribution is 6.14. The van der Waals surface area contributed by atoms with Crippen molar-refractivity contribution in [3.8, 4) is 22.3 Å². The van der Waals surface area contributed by atoms with E-state index in [-0.39, 0.29) is 65.8 Å². The van der Waals surface area contributed by atoms with E-state index >= 15 is 0 Å². The molecular weight excluding hydrogens is 809 g/mol. The van der Waals surface area contributed by atoms with Crippen LogP contribution in [-0.4, -0.2) is 8.80 Å². The normalized spacial score (nSPS) is 12.6. The second kappa shape index (κ2) is 12.5. The number of aromatic nitrogens is 2. The van der Waals surface area contributed by atoms with Crippen molar-refractivity contribution in [2.75, 3.05) is 0 Å². The lowest BCUT2D eigenvalue weighted by Gasteiger charge is -2.19. The number of hydrogen-bond donors (Lipinski definition) is 0. The Bertz CT molecular complexity index is 4080. The van der Waals surface area contributed by atoms with Gasteiger partial charge in [0, 0.05) is 43.1 Å². The Hall–Kier alpha value is -8.11. The van der Waals surface area contributed by atoms with Crippen molar-refractivity contribution in [3.63, 3.8) is 0 Å². The first-order valence-electron chi connectivity index (χ1n) is 18.9. The van der Waals surface area contributed by atoms with E-state index in [4.69, 9.17) is 6.57 Å². The van der Waals surface area contributed by atoms with Gasteiger partial charge in [-0.25, -0.2) is 4.85 Å². The fourth-order valence-corrected chi connectivity index (χ4v) is 8.98. The molecule has 11 aromatic rings. The largest absolute Gasteiger partial charge is 0.416 e. The van der Waals surface area contributed by atoms with Crippen LogP contribution in [0.4, 0.5) is 32.0 Å². The molecule has 0 radical (unpaired) electrons. The zero-order valence-corrected chi connectivity index (χ0v) is 31.4. The van der Waals surface area contributed by atoms with Gasteiger partial charge in [-0.05, 0) is 101 Å². The van der Waals surface area contributed by atoms with Crippen LogP contribution in [0.2, 0.25) is 0 Å². The Labute approximate surface area is 341 Å². The number of pyridine rings is 4. The molecule has 0 aliphatic carbocycles. The average molecular weight is 830 g/mol. The van der Waals surface area contributed by atoms with E-state index in [1.54, 1.807) is 93.7 Å². The molecule has 298 valence electrons. The maximum absolute atomic E-state index is 14.9. The Morgan fingerprint density at radius 3 is 1.19 bits per heavy atom. The number of fused-ring (bicyclic) bond motifs is 8. The van der Waals surface area contributed by atoms with Crippen molar-refractivity contribution in [2.45, 2.75) is 12.4 Å². The average Bonchev–Trinajstić information content (AvgIpc) is 3.27. The third-order valence-electron chi connectivity index (χ3n) is 11.8. The molecule has 0 saturated carbocycles. The molecule has 13 heteroatoms. The molecule has 0 fully saturated rings. The van der Waals surface area contributed by atoms with Crippen molar-refractivity contribution in [2.24, 2.45) is 0 Å². The van der Waals surface area contributed by atoms with Gasteiger partial charge in [0.25, 0.3) is 0 Å². The molecule has 62 heavy (non-hydrogen) atoms. The third kappa shape index (κ3) is 5.13. The number of rotatable bonds is 2. The first kappa shape index (κ1) is 36.9. The molecule has 0 saturated heterocycles. The van der Waals surface area contributed by atoms with Gasteiger partial charge in [0.15, 0.2) is 27.4 Å². The molecule has 0 bridgehead atoms. The maximum atomic E-state index is 14.9. The molecule has 4 aromatic heterocycles. The summed E-state index contributed by atoms with van der Waals surface area (Å²) in [5.74, 6) is 0. The van der Waals surface area contributed by atoms with E-state index in [0.29, 0.717) is 56.4 Å². The molecule has 0 unspecified atom stereocenters. The highest BCUT2D eigenvalue weighted by Gasteiger charge is 2.37. The monoisotopic (exact) mass is 829 g/mol. The lowest BCUT2D eigenvalue weighted by atomic mass is 9.94. The lowest BCUT2D eigenvalue weighted by molar-refractivity contribution is -0.143. The third-order valence-corrected chi connectivity index (χ3v) is 11.8. The first-order chi connectivity index (χ1) is 29.6. The van der Waals surface area contributed by atoms with Gasteiger partial charge in [0.05, 0.1) is 50.8 Å². The predicted octanol–water partition coefficient (Wildman–Crippen LogP) is 11.3. The van der Waals surface area contributed by atoms with Gasteiger partial charge in [-0.15, -0.1) is 0 Å². The molecular formula is C49H21F6N3O4. The molecule has 11 rings (SSSR count). The van der Waals surface area contributed by atoms with Gasteiger partial charge in [-0.1, -0.05) is 48.5 Å². The SMILES string of the molecule is [C-]#[N+]c1ccc(-c2cc3c(=O)c4ccccc4n4c5cc6c(cc5c(=O)c(c2)c34)c(=O)c2cc(-c3cc(C(F)(F)F)cc(C(F)(F)F)c3)cc3c(=O)c4ccccc4n6c32)cc1. The minimum absolute atomic E-state index is 0.00271. The van der Waals surface area contributed by atoms with Crippen LogP contribution in [0.1, 0.15) is 11.1 Å². The standard InChI is InChI=1S/C49H21F6N3O4/c1-56-29-12-10-23(11-13-29)25-16-34-42-36(17-25)46(61)32-21-33-41(22-40(32)57(42)38-8-4-2-6-30(38)44(34)59)58-39-9-5-3-7-31(39)45(60)35-18-26(19-37(43(35)58)47(33)62)24-14-27(48(50,51)52)20-28(15-24)49(53,54)55/h2-22H. The van der Waals surface area contributed by atoms with Gasteiger partial charge in [0.1, 0.15) is 0 Å². The quantitative estimate of drug-likeness (QED) is 0.0752. The molecule has 4 heterocycles. The Kier molecular flexibility index (Phi) is 7.42. The van der Waals surface area contributed by atoms with Gasteiger partial charge in [0.2, 0.25) is 0 Å². The number of para-hydroxylation sites is 2. The highest BCUT2D eigenvalue weighted by Crippen LogP contribution is 2.41. The van der Waals surface area contributed by atoms with Crippen LogP contribution >= 0.6 is 0 Å². The van der Waals surface area contributed by atoms with Gasteiger partial charge in [-0.3, -0.25) is 19.2 Å². The molecule has 0 atom stereocenters. The van der Waals surface area contributed by atoms with Crippen LogP contribution in [0, 0.1) is 6.57 Å². The zero-order chi connectivity index (χ0) is 43.1. The number of alkyl halides is 6. The Balaban J connectivity index is 1.33. The van der Waals surface area contributed by atoms with Crippen LogP contribution in [0.15, 0.2) is 147 Å². The summed E-state index contributed by atoms with van der Waals surface area (Å²) in [7, 11) is 0. The first-order valence-corrected chi connectivity index (χ1v) is 18.9. The smallest absolute Gasteiger partial charge is 0.307 e. The number of benzene rings is 7. The van der Waals surface area contributed by atoms with E-state index in [9.17, 15) is 45.5 Å². The number of hydrogen-bond acceptors (Lipinski definition) is 4. The van der Waals surface area contributed by atoms with Crippen LogP contribution in [0.3, 0.4) is 0 Å². The lowest BCUT2D eigenvalue weighted by Crippen LogP contribution is -2.17. The van der Waals surface area contributed by atoms with Crippen LogP contribution in [-0.2, 0) is 12.4 Å². The summed E-state index contributed by atoms with van der Waals surface area (Å²) in [6.07, 6.45) is -10.3. The minimum Gasteiger partial charge on any atom is -0.307 e. The zero-order valence-electron chi connectivity index (χ0n) is 31.4. The molecule has 7 aromatic carbocycles. The van der Waals surface area contributed by atoms with E-state index in [2.05, 4.69) is 4.85 Å². The van der Waals surface area contributed by atoms with Crippen molar-refractivity contribution in [3.05, 3.63) is 191 Å². The van der Waals surface area contributed by atoms with Gasteiger partial charge in [-0.2, -0.15) is 26.3 Å². The summed E-state index contributed by atoms with van der Waals surface area (Å²) >= 11 is 0. The van der Waals surface area contributed by atoms with Crippen molar-refractivity contribution in [1.82, 2.24) is 8.80 Å². The number of nitrogens with zero attached hydrogens (tertiary/aromatic N) is 3. The summed E-state index contributed by atoms with van der Waals surface area (Å²) < 4.78 is 87.6. The molecule has 0 amide bonds. The summed E-state index contributed by atoms with van der Waals surface area (Å²) in [6, 6.07) is 29.8. The van der Waals surface area contributed by atoms with E-state index in [1.165, 1.54) is 24.3 Å². The van der Waals surface area contributed by atoms with Crippen molar-refractivity contribution >= 4 is 81.9 Å². The summed E-state index contributed by atoms with van der Waals surface area (Å²) in [4.78, 5) is 61.8. The molecule has 0 aliphatic rings. The molecule has 7 nitrogen and oxygen atoms in total. The second-order valence-corrected chi connectivity index (χ2v) is 15.2. The molecule has 0 aliphatic heterocycles. The van der Waals surface area contributed by atoms with Gasteiger partial charge >= 0.3 is 12.4 Å².